The van der Waals surface area contributed by atoms with Crippen molar-refractivity contribution in [2.45, 2.75) is 45.3 Å². The molecule has 1 saturated heterocycles. The van der Waals surface area contributed by atoms with Crippen LogP contribution in [0.15, 0.2) is 53.7 Å². The van der Waals surface area contributed by atoms with Gasteiger partial charge in [-0.15, -0.1) is 5.12 Å². The zero-order chi connectivity index (χ0) is 29.1. The first-order valence-corrected chi connectivity index (χ1v) is 13.9. The minimum atomic E-state index is -0.580. The molecule has 41 heavy (non-hydrogen) atoms. The van der Waals surface area contributed by atoms with E-state index in [1.807, 2.05) is 80.2 Å². The second-order valence-corrected chi connectivity index (χ2v) is 11.8. The molecule has 0 aliphatic carbocycles. The second kappa shape index (κ2) is 9.91. The fourth-order valence-corrected chi connectivity index (χ4v) is 5.61. The third-order valence-corrected chi connectivity index (χ3v) is 7.77. The Morgan fingerprint density at radius 3 is 2.51 bits per heavy atom. The molecule has 2 aliphatic heterocycles. The minimum Gasteiger partial charge on any atom is -0.444 e. The molecule has 0 saturated carbocycles. The molecule has 214 valence electrons. The normalized spacial score (nSPS) is 18.2. The third kappa shape index (κ3) is 4.90. The number of benzene rings is 1. The number of rotatable bonds is 3. The Kier molecular flexibility index (Phi) is 6.49. The summed E-state index contributed by atoms with van der Waals surface area (Å²) < 4.78 is 9.14. The summed E-state index contributed by atoms with van der Waals surface area (Å²) in [5.41, 5.74) is 8.68. The van der Waals surface area contributed by atoms with Gasteiger partial charge >= 0.3 is 11.8 Å². The zero-order valence-corrected chi connectivity index (χ0v) is 24.4. The van der Waals surface area contributed by atoms with Gasteiger partial charge in [0.05, 0.1) is 40.2 Å². The maximum Gasteiger partial charge on any atom is 0.410 e. The van der Waals surface area contributed by atoms with Gasteiger partial charge in [0.25, 0.3) is 0 Å². The van der Waals surface area contributed by atoms with Gasteiger partial charge in [-0.3, -0.25) is 29.5 Å². The highest BCUT2D eigenvalue weighted by Gasteiger charge is 2.31. The number of likely N-dealkylation sites (tertiary alicyclic amines) is 1. The predicted octanol–water partition coefficient (Wildman–Crippen LogP) is 4.12. The van der Waals surface area contributed by atoms with Crippen molar-refractivity contribution in [3.63, 3.8) is 0 Å². The molecule has 0 spiro atoms. The molecule has 5 heterocycles. The summed E-state index contributed by atoms with van der Waals surface area (Å²) in [5.74, 6) is 0. The average Bonchev–Trinajstić information content (AvgIpc) is 3.42. The predicted molar refractivity (Wildman–Crippen MR) is 158 cm³/mol. The van der Waals surface area contributed by atoms with Crippen molar-refractivity contribution < 1.29 is 9.53 Å². The molecule has 1 amide bonds. The summed E-state index contributed by atoms with van der Waals surface area (Å²) in [6.45, 7) is 6.61. The van der Waals surface area contributed by atoms with Crippen LogP contribution in [0.5, 0.6) is 0 Å². The van der Waals surface area contributed by atoms with E-state index >= 15 is 0 Å². The molecule has 3 aromatic heterocycles. The Morgan fingerprint density at radius 1 is 1.05 bits per heavy atom. The van der Waals surface area contributed by atoms with Crippen LogP contribution in [0.2, 0.25) is 0 Å². The maximum atomic E-state index is 13.6. The van der Waals surface area contributed by atoms with Gasteiger partial charge in [-0.1, -0.05) is 12.1 Å². The van der Waals surface area contributed by atoms with Gasteiger partial charge in [-0.2, -0.15) is 0 Å². The number of ether oxygens (including phenoxy) is 1. The Labute approximate surface area is 238 Å². The number of nitrogens with one attached hydrogen (secondary N) is 1. The van der Waals surface area contributed by atoms with E-state index in [0.29, 0.717) is 13.1 Å². The second-order valence-electron chi connectivity index (χ2n) is 11.8. The van der Waals surface area contributed by atoms with Crippen LogP contribution < -0.4 is 11.1 Å². The van der Waals surface area contributed by atoms with Crippen LogP contribution in [0.4, 0.5) is 4.79 Å². The van der Waals surface area contributed by atoms with Crippen molar-refractivity contribution in [3.8, 4) is 11.1 Å². The number of hydrogen-bond donors (Lipinski definition) is 1. The summed E-state index contributed by atoms with van der Waals surface area (Å²) in [6, 6.07) is 9.97. The van der Waals surface area contributed by atoms with Crippen molar-refractivity contribution in [3.05, 3.63) is 65.1 Å². The van der Waals surface area contributed by atoms with Crippen molar-refractivity contribution in [2.24, 2.45) is 7.05 Å². The van der Waals surface area contributed by atoms with Crippen molar-refractivity contribution in [1.29, 1.82) is 0 Å². The molecule has 11 nitrogen and oxygen atoms in total. The van der Waals surface area contributed by atoms with E-state index in [1.54, 1.807) is 22.7 Å². The van der Waals surface area contributed by atoms with E-state index in [-0.39, 0.29) is 17.8 Å². The first-order valence-electron chi connectivity index (χ1n) is 13.9. The maximum absolute atomic E-state index is 13.6. The van der Waals surface area contributed by atoms with E-state index in [2.05, 4.69) is 22.5 Å². The Balaban J connectivity index is 1.39. The number of imidazole rings is 1. The Morgan fingerprint density at radius 2 is 1.83 bits per heavy atom. The zero-order valence-electron chi connectivity index (χ0n) is 24.4. The summed E-state index contributed by atoms with van der Waals surface area (Å²) in [7, 11) is 5.67. The van der Waals surface area contributed by atoms with Gasteiger partial charge in [-0.25, -0.2) is 9.59 Å². The van der Waals surface area contributed by atoms with E-state index in [0.717, 1.165) is 57.3 Å². The molecule has 1 fully saturated rings. The molecule has 1 N–H and O–H groups in total. The average molecular weight is 557 g/mol. The molecule has 6 rings (SSSR count). The summed E-state index contributed by atoms with van der Waals surface area (Å²) in [4.78, 5) is 37.6. The number of piperidine rings is 1. The molecule has 1 atom stereocenters. The van der Waals surface area contributed by atoms with Crippen molar-refractivity contribution in [2.75, 3.05) is 27.2 Å². The highest BCUT2D eigenvalue weighted by atomic mass is 16.6. The SMILES string of the molecule is CN1C=C(c2ccc(-c3ccc4ncc5c(c4c3)n([C@@H]3CCCN(C(=O)OC(C)(C)C)C3)c(=O)n5C)cn2)NN1C. The first-order chi connectivity index (χ1) is 19.5. The van der Waals surface area contributed by atoms with Crippen LogP contribution in [0.25, 0.3) is 38.8 Å². The first kappa shape index (κ1) is 26.8. The summed E-state index contributed by atoms with van der Waals surface area (Å²) >= 11 is 0. The van der Waals surface area contributed by atoms with E-state index in [9.17, 15) is 9.59 Å². The van der Waals surface area contributed by atoms with Gasteiger partial charge in [0.15, 0.2) is 0 Å². The monoisotopic (exact) mass is 556 g/mol. The smallest absolute Gasteiger partial charge is 0.410 e. The molecule has 0 radical (unpaired) electrons. The van der Waals surface area contributed by atoms with E-state index < -0.39 is 5.60 Å². The molecule has 2 aliphatic rings. The third-order valence-electron chi connectivity index (χ3n) is 7.77. The lowest BCUT2D eigenvalue weighted by molar-refractivity contribution is 0.0173. The number of amides is 1. The lowest BCUT2D eigenvalue weighted by atomic mass is 10.0. The highest BCUT2D eigenvalue weighted by molar-refractivity contribution is 6.04. The Bertz CT molecular complexity index is 1730. The number of carbonyl (C=O) groups is 1. The number of carbonyl (C=O) groups excluding carboxylic acids is 1. The molecule has 11 heteroatoms. The molecule has 4 aromatic rings. The number of hydrogen-bond acceptors (Lipinski definition) is 8. The largest absolute Gasteiger partial charge is 0.444 e. The summed E-state index contributed by atoms with van der Waals surface area (Å²) in [6.07, 6.45) is 6.85. The molecular formula is C30H36N8O3. The molecular weight excluding hydrogens is 520 g/mol. The van der Waals surface area contributed by atoms with Gasteiger partial charge in [0.2, 0.25) is 0 Å². The lowest BCUT2D eigenvalue weighted by Gasteiger charge is -2.34. The highest BCUT2D eigenvalue weighted by Crippen LogP contribution is 2.32. The van der Waals surface area contributed by atoms with Crippen LogP contribution in [0, 0.1) is 0 Å². The van der Waals surface area contributed by atoms with E-state index in [1.165, 1.54) is 0 Å². The number of aromatic nitrogens is 4. The topological polar surface area (TPSA) is 101 Å². The summed E-state index contributed by atoms with van der Waals surface area (Å²) in [5, 5.41) is 4.72. The number of hydrazine groups is 2. The standard InChI is InChI=1S/C30H36N8O3/c1-30(2,3)41-29(40)37-13-7-8-21(17-37)38-27-22-14-19(9-11-23(22)32-16-26(27)35(5)28(38)39)20-10-12-24(31-15-20)25-18-34(4)36(6)33-25/h9-12,14-16,18,21,33H,7-8,13,17H2,1-6H3/t21-/m1/s1. The number of aryl methyl sites for hydroxylation is 1. The van der Waals surface area contributed by atoms with Crippen LogP contribution in [-0.4, -0.2) is 73.0 Å². The quantitative estimate of drug-likeness (QED) is 0.402. The Hall–Kier alpha value is -4.38. The number of pyridine rings is 2. The molecule has 0 unspecified atom stereocenters. The number of fused-ring (bicyclic) bond motifs is 3. The van der Waals surface area contributed by atoms with Crippen molar-refractivity contribution >= 4 is 33.7 Å². The van der Waals surface area contributed by atoms with Crippen LogP contribution in [0.1, 0.15) is 45.3 Å². The van der Waals surface area contributed by atoms with Crippen LogP contribution >= 0.6 is 0 Å². The molecule has 0 bridgehead atoms. The van der Waals surface area contributed by atoms with Crippen LogP contribution in [-0.2, 0) is 11.8 Å². The fourth-order valence-electron chi connectivity index (χ4n) is 5.61. The van der Waals surface area contributed by atoms with Gasteiger partial charge in [0, 0.05) is 57.6 Å². The number of nitrogens with zero attached hydrogens (tertiary/aromatic N) is 7. The van der Waals surface area contributed by atoms with Gasteiger partial charge in [-0.05, 0) is 57.4 Å². The van der Waals surface area contributed by atoms with Gasteiger partial charge in [0.1, 0.15) is 5.60 Å². The van der Waals surface area contributed by atoms with Crippen LogP contribution in [0.3, 0.4) is 0 Å². The lowest BCUT2D eigenvalue weighted by Crippen LogP contribution is -2.45. The van der Waals surface area contributed by atoms with Crippen molar-refractivity contribution in [1.82, 2.24) is 39.6 Å². The minimum absolute atomic E-state index is 0.117. The molecule has 1 aromatic carbocycles. The fraction of sp³-hybridized carbons (Fsp3) is 0.400. The van der Waals surface area contributed by atoms with E-state index in [4.69, 9.17) is 9.72 Å². The van der Waals surface area contributed by atoms with Gasteiger partial charge < -0.3 is 9.64 Å².